The van der Waals surface area contributed by atoms with Gasteiger partial charge in [-0.3, -0.25) is 4.72 Å². The molecule has 156 valence electrons. The van der Waals surface area contributed by atoms with Gasteiger partial charge in [0, 0.05) is 5.39 Å². The number of anilines is 1. The Labute approximate surface area is 185 Å². The van der Waals surface area contributed by atoms with E-state index >= 15 is 0 Å². The van der Waals surface area contributed by atoms with Crippen LogP contribution in [0.5, 0.6) is 0 Å². The molecule has 4 aromatic rings. The van der Waals surface area contributed by atoms with Gasteiger partial charge in [-0.05, 0) is 53.3 Å². The number of fused-ring (bicyclic) bond motifs is 1. The fourth-order valence-electron chi connectivity index (χ4n) is 3.61. The molecule has 0 aliphatic heterocycles. The van der Waals surface area contributed by atoms with Crippen LogP contribution in [0.4, 0.5) is 5.69 Å². The minimum atomic E-state index is -3.92. The van der Waals surface area contributed by atoms with E-state index in [1.807, 2.05) is 30.3 Å². The number of carboxylic acids is 1. The summed E-state index contributed by atoms with van der Waals surface area (Å²) in [4.78, 5) is 11.4. The average Bonchev–Trinajstić information content (AvgIpc) is 2.73. The monoisotopic (exact) mass is 451 g/mol. The zero-order valence-corrected chi connectivity index (χ0v) is 18.0. The highest BCUT2D eigenvalue weighted by atomic mass is 35.5. The third-order valence-electron chi connectivity index (χ3n) is 5.02. The maximum Gasteiger partial charge on any atom is 0.335 e. The molecule has 0 aliphatic rings. The first-order valence-electron chi connectivity index (χ1n) is 9.41. The van der Waals surface area contributed by atoms with E-state index in [0.29, 0.717) is 16.6 Å². The number of hydrogen-bond donors (Lipinski definition) is 2. The number of nitrogens with one attached hydrogen (secondary N) is 1. The SMILES string of the molecule is Cc1cccc(Cl)c1S(=O)(=O)Nc1ccc(-c2cccc(C(=O)O)c2)c2ccccc12. The van der Waals surface area contributed by atoms with Crippen molar-refractivity contribution < 1.29 is 18.3 Å². The molecular formula is C24H18ClNO4S. The molecule has 0 bridgehead atoms. The Kier molecular flexibility index (Phi) is 5.43. The van der Waals surface area contributed by atoms with Crippen LogP contribution in [-0.4, -0.2) is 19.5 Å². The lowest BCUT2D eigenvalue weighted by Gasteiger charge is -2.15. The topological polar surface area (TPSA) is 83.5 Å². The quantitative estimate of drug-likeness (QED) is 0.391. The lowest BCUT2D eigenvalue weighted by molar-refractivity contribution is 0.0697. The molecule has 0 atom stereocenters. The molecule has 0 aromatic heterocycles. The van der Waals surface area contributed by atoms with Crippen LogP contribution in [0.2, 0.25) is 5.02 Å². The Morgan fingerprint density at radius 3 is 2.32 bits per heavy atom. The Balaban J connectivity index is 1.85. The van der Waals surface area contributed by atoms with Gasteiger partial charge in [-0.2, -0.15) is 0 Å². The van der Waals surface area contributed by atoms with Crippen molar-refractivity contribution in [2.45, 2.75) is 11.8 Å². The molecular weight excluding hydrogens is 434 g/mol. The Hall–Kier alpha value is -3.35. The predicted molar refractivity (Wildman–Crippen MR) is 123 cm³/mol. The number of hydrogen-bond acceptors (Lipinski definition) is 3. The normalized spacial score (nSPS) is 11.4. The van der Waals surface area contributed by atoms with E-state index in [2.05, 4.69) is 4.72 Å². The minimum absolute atomic E-state index is 0.0407. The average molecular weight is 452 g/mol. The summed E-state index contributed by atoms with van der Waals surface area (Å²) in [5.41, 5.74) is 2.67. The second-order valence-electron chi connectivity index (χ2n) is 7.08. The van der Waals surface area contributed by atoms with Crippen molar-refractivity contribution in [3.63, 3.8) is 0 Å². The lowest BCUT2D eigenvalue weighted by Crippen LogP contribution is -2.15. The summed E-state index contributed by atoms with van der Waals surface area (Å²) < 4.78 is 28.9. The molecule has 0 amide bonds. The minimum Gasteiger partial charge on any atom is -0.478 e. The van der Waals surface area contributed by atoms with Gasteiger partial charge in [0.2, 0.25) is 0 Å². The Morgan fingerprint density at radius 1 is 0.903 bits per heavy atom. The molecule has 0 radical (unpaired) electrons. The van der Waals surface area contributed by atoms with E-state index in [1.165, 1.54) is 6.07 Å². The van der Waals surface area contributed by atoms with Crippen molar-refractivity contribution >= 4 is 44.1 Å². The van der Waals surface area contributed by atoms with Gasteiger partial charge in [-0.25, -0.2) is 13.2 Å². The predicted octanol–water partition coefficient (Wildman–Crippen LogP) is 5.97. The highest BCUT2D eigenvalue weighted by molar-refractivity contribution is 7.93. The van der Waals surface area contributed by atoms with Crippen LogP contribution in [0.15, 0.2) is 83.8 Å². The van der Waals surface area contributed by atoms with Crippen molar-refractivity contribution in [2.24, 2.45) is 0 Å². The summed E-state index contributed by atoms with van der Waals surface area (Å²) >= 11 is 6.18. The fourth-order valence-corrected chi connectivity index (χ4v) is 5.53. The van der Waals surface area contributed by atoms with Gasteiger partial charge in [0.1, 0.15) is 4.90 Å². The van der Waals surface area contributed by atoms with Crippen LogP contribution >= 0.6 is 11.6 Å². The molecule has 0 saturated heterocycles. The second-order valence-corrected chi connectivity index (χ2v) is 9.11. The molecule has 4 aromatic carbocycles. The number of carboxylic acid groups (broad SMARTS) is 1. The number of halogens is 1. The van der Waals surface area contributed by atoms with Gasteiger partial charge >= 0.3 is 5.97 Å². The molecule has 7 heteroatoms. The molecule has 0 fully saturated rings. The van der Waals surface area contributed by atoms with Crippen LogP contribution in [0, 0.1) is 6.92 Å². The number of rotatable bonds is 5. The van der Waals surface area contributed by atoms with Crippen molar-refractivity contribution in [1.82, 2.24) is 0 Å². The van der Waals surface area contributed by atoms with E-state index < -0.39 is 16.0 Å². The molecule has 0 heterocycles. The lowest BCUT2D eigenvalue weighted by atomic mass is 9.96. The van der Waals surface area contributed by atoms with Gasteiger partial charge in [-0.15, -0.1) is 0 Å². The molecule has 4 rings (SSSR count). The first-order chi connectivity index (χ1) is 14.8. The summed E-state index contributed by atoms with van der Waals surface area (Å²) in [6.45, 7) is 1.69. The molecule has 0 aliphatic carbocycles. The highest BCUT2D eigenvalue weighted by Crippen LogP contribution is 2.35. The van der Waals surface area contributed by atoms with Gasteiger partial charge in [0.25, 0.3) is 10.0 Å². The largest absolute Gasteiger partial charge is 0.478 e. The molecule has 0 saturated carbocycles. The molecule has 5 nitrogen and oxygen atoms in total. The van der Waals surface area contributed by atoms with E-state index in [0.717, 1.165) is 16.5 Å². The van der Waals surface area contributed by atoms with Crippen LogP contribution in [-0.2, 0) is 10.0 Å². The Bertz CT molecular complexity index is 1410. The van der Waals surface area contributed by atoms with E-state index in [9.17, 15) is 18.3 Å². The van der Waals surface area contributed by atoms with Crippen molar-refractivity contribution in [2.75, 3.05) is 4.72 Å². The summed E-state index contributed by atoms with van der Waals surface area (Å²) in [5.74, 6) is -1.01. The van der Waals surface area contributed by atoms with Crippen LogP contribution in [0.25, 0.3) is 21.9 Å². The third-order valence-corrected chi connectivity index (χ3v) is 7.02. The molecule has 0 spiro atoms. The standard InChI is InChI=1S/C24H18ClNO4S/c1-15-6-4-11-21(25)23(15)31(29,30)26-22-13-12-18(19-9-2-3-10-20(19)22)16-7-5-8-17(14-16)24(27)28/h2-14,26H,1H3,(H,27,28). The Morgan fingerprint density at radius 2 is 1.61 bits per heavy atom. The van der Waals surface area contributed by atoms with Gasteiger partial charge in [-0.1, -0.05) is 66.2 Å². The van der Waals surface area contributed by atoms with Gasteiger partial charge < -0.3 is 5.11 Å². The number of benzene rings is 4. The van der Waals surface area contributed by atoms with Crippen LogP contribution in [0.1, 0.15) is 15.9 Å². The van der Waals surface area contributed by atoms with Crippen molar-refractivity contribution in [1.29, 1.82) is 0 Å². The van der Waals surface area contributed by atoms with Gasteiger partial charge in [0.05, 0.1) is 16.3 Å². The highest BCUT2D eigenvalue weighted by Gasteiger charge is 2.22. The number of carbonyl (C=O) groups is 1. The number of sulfonamides is 1. The first kappa shape index (κ1) is 20.9. The van der Waals surface area contributed by atoms with Crippen LogP contribution < -0.4 is 4.72 Å². The van der Waals surface area contributed by atoms with Gasteiger partial charge in [0.15, 0.2) is 0 Å². The van der Waals surface area contributed by atoms with Crippen molar-refractivity contribution in [3.05, 3.63) is 95.0 Å². The first-order valence-corrected chi connectivity index (χ1v) is 11.3. The zero-order chi connectivity index (χ0) is 22.2. The zero-order valence-electron chi connectivity index (χ0n) is 16.5. The second kappa shape index (κ2) is 8.06. The fraction of sp³-hybridized carbons (Fsp3) is 0.0417. The molecule has 31 heavy (non-hydrogen) atoms. The molecule has 0 unspecified atom stereocenters. The molecule has 2 N–H and O–H groups in total. The summed E-state index contributed by atoms with van der Waals surface area (Å²) in [7, 11) is -3.92. The smallest absolute Gasteiger partial charge is 0.335 e. The van der Waals surface area contributed by atoms with Crippen molar-refractivity contribution in [3.8, 4) is 11.1 Å². The maximum absolute atomic E-state index is 13.1. The number of aryl methyl sites for hydroxylation is 1. The number of aromatic carboxylic acids is 1. The van der Waals surface area contributed by atoms with E-state index in [-0.39, 0.29) is 15.5 Å². The van der Waals surface area contributed by atoms with Crippen LogP contribution in [0.3, 0.4) is 0 Å². The van der Waals surface area contributed by atoms with E-state index in [1.54, 1.807) is 49.4 Å². The summed E-state index contributed by atoms with van der Waals surface area (Å²) in [6, 6.07) is 22.4. The third kappa shape index (κ3) is 4.00. The van der Waals surface area contributed by atoms with E-state index in [4.69, 9.17) is 11.6 Å². The summed E-state index contributed by atoms with van der Waals surface area (Å²) in [6.07, 6.45) is 0. The maximum atomic E-state index is 13.1. The summed E-state index contributed by atoms with van der Waals surface area (Å²) in [5, 5.41) is 10.9.